The number of aromatic nitrogens is 4. The summed E-state index contributed by atoms with van der Waals surface area (Å²) in [5.41, 5.74) is 20.9. The highest BCUT2D eigenvalue weighted by atomic mass is 15.2. The summed E-state index contributed by atoms with van der Waals surface area (Å²) in [5, 5.41) is 0. The van der Waals surface area contributed by atoms with Crippen molar-refractivity contribution in [3.63, 3.8) is 0 Å². The molecule has 0 aliphatic heterocycles. The van der Waals surface area contributed by atoms with Crippen LogP contribution in [-0.2, 0) is 0 Å². The van der Waals surface area contributed by atoms with Gasteiger partial charge in [-0.3, -0.25) is 0 Å². The summed E-state index contributed by atoms with van der Waals surface area (Å²) < 4.78 is 0. The van der Waals surface area contributed by atoms with Crippen LogP contribution in [0.25, 0.3) is 44.8 Å². The predicted octanol–water partition coefficient (Wildman–Crippen LogP) is 14.2. The van der Waals surface area contributed by atoms with Gasteiger partial charge in [0.2, 0.25) is 11.9 Å². The second kappa shape index (κ2) is 20.1. The number of rotatable bonds is 11. The molecule has 66 heavy (non-hydrogen) atoms. The molecule has 0 fully saturated rings. The molecule has 10 aromatic rings. The van der Waals surface area contributed by atoms with Crippen molar-refractivity contribution in [3.8, 4) is 44.8 Å². The van der Waals surface area contributed by atoms with Crippen LogP contribution in [0.5, 0.6) is 0 Å². The number of anilines is 8. The van der Waals surface area contributed by atoms with E-state index < -0.39 is 0 Å². The molecule has 10 rings (SSSR count). The number of nitrogens with zero attached hydrogens (tertiary/aromatic N) is 7. The van der Waals surface area contributed by atoms with Crippen molar-refractivity contribution in [2.45, 2.75) is 0 Å². The smallest absolute Gasteiger partial charge is 0.225 e. The van der Waals surface area contributed by atoms with Crippen LogP contribution in [-0.4, -0.2) is 34.0 Å². The van der Waals surface area contributed by atoms with Gasteiger partial charge in [-0.15, -0.1) is 0 Å². The number of nitrogens with two attached hydrogens (primary N) is 1. The van der Waals surface area contributed by atoms with Crippen molar-refractivity contribution in [3.05, 3.63) is 243 Å². The summed E-state index contributed by atoms with van der Waals surface area (Å²) in [6, 6.07) is 79.7. The largest absolute Gasteiger partial charge is 0.368 e. The van der Waals surface area contributed by atoms with Crippen molar-refractivity contribution in [2.24, 2.45) is 0 Å². The molecule has 0 spiro atoms. The van der Waals surface area contributed by atoms with Gasteiger partial charge in [-0.25, -0.2) is 19.9 Å². The Morgan fingerprint density at radius 2 is 0.591 bits per heavy atom. The Hall–Kier alpha value is -8.88. The Morgan fingerprint density at radius 1 is 0.303 bits per heavy atom. The monoisotopic (exact) mass is 856 g/mol. The first-order valence-electron chi connectivity index (χ1n) is 21.8. The van der Waals surface area contributed by atoms with Gasteiger partial charge < -0.3 is 20.4 Å². The number of hydrogen-bond donors (Lipinski definition) is 1. The molecule has 0 unspecified atom stereocenters. The molecular formula is C58H48N8. The Kier molecular flexibility index (Phi) is 12.9. The molecular weight excluding hydrogens is 809 g/mol. The predicted molar refractivity (Wildman–Crippen MR) is 274 cm³/mol. The van der Waals surface area contributed by atoms with Crippen LogP contribution >= 0.6 is 0 Å². The van der Waals surface area contributed by atoms with Crippen molar-refractivity contribution in [1.29, 1.82) is 0 Å². The number of para-hydroxylation sites is 4. The van der Waals surface area contributed by atoms with Gasteiger partial charge in [0, 0.05) is 71.7 Å². The normalized spacial score (nSPS) is 10.6. The summed E-state index contributed by atoms with van der Waals surface area (Å²) in [7, 11) is 3.89. The van der Waals surface area contributed by atoms with Crippen LogP contribution in [0, 0.1) is 0 Å². The Labute approximate surface area is 386 Å². The topological polar surface area (TPSA) is 87.3 Å². The van der Waals surface area contributed by atoms with E-state index >= 15 is 0 Å². The Balaban J connectivity index is 0.000000166. The molecule has 0 saturated heterocycles. The van der Waals surface area contributed by atoms with E-state index in [1.807, 2.05) is 55.4 Å². The number of benzene rings is 8. The van der Waals surface area contributed by atoms with Gasteiger partial charge in [-0.05, 0) is 107 Å². The number of hydrogen-bond acceptors (Lipinski definition) is 8. The van der Waals surface area contributed by atoms with E-state index in [2.05, 4.69) is 224 Å². The van der Waals surface area contributed by atoms with Crippen molar-refractivity contribution in [1.82, 2.24) is 19.9 Å². The lowest BCUT2D eigenvalue weighted by Crippen LogP contribution is -2.12. The highest BCUT2D eigenvalue weighted by Crippen LogP contribution is 2.37. The minimum absolute atomic E-state index is 0.281. The van der Waals surface area contributed by atoms with Gasteiger partial charge in [0.05, 0.1) is 11.4 Å². The van der Waals surface area contributed by atoms with E-state index in [4.69, 9.17) is 5.73 Å². The van der Waals surface area contributed by atoms with Crippen molar-refractivity contribution >= 4 is 46.0 Å². The summed E-state index contributed by atoms with van der Waals surface area (Å²) in [4.78, 5) is 23.6. The Morgan fingerprint density at radius 3 is 0.924 bits per heavy atom. The molecule has 8 heteroatoms. The summed E-state index contributed by atoms with van der Waals surface area (Å²) >= 11 is 0. The molecule has 2 aromatic heterocycles. The lowest BCUT2D eigenvalue weighted by atomic mass is 10.0. The molecule has 0 bridgehead atoms. The highest BCUT2D eigenvalue weighted by molar-refractivity contribution is 5.80. The van der Waals surface area contributed by atoms with Crippen LogP contribution in [0.15, 0.2) is 243 Å². The van der Waals surface area contributed by atoms with E-state index in [9.17, 15) is 0 Å². The van der Waals surface area contributed by atoms with Crippen LogP contribution in [0.3, 0.4) is 0 Å². The third kappa shape index (κ3) is 9.99. The van der Waals surface area contributed by atoms with Crippen molar-refractivity contribution in [2.75, 3.05) is 34.5 Å². The third-order valence-corrected chi connectivity index (χ3v) is 11.1. The van der Waals surface area contributed by atoms with Gasteiger partial charge >= 0.3 is 0 Å². The first-order valence-corrected chi connectivity index (χ1v) is 21.8. The zero-order valence-electron chi connectivity index (χ0n) is 36.8. The van der Waals surface area contributed by atoms with Gasteiger partial charge in [0.25, 0.3) is 0 Å². The maximum Gasteiger partial charge on any atom is 0.225 e. The molecule has 0 radical (unpaired) electrons. The molecule has 0 atom stereocenters. The zero-order chi connectivity index (χ0) is 45.1. The van der Waals surface area contributed by atoms with E-state index in [0.29, 0.717) is 5.95 Å². The van der Waals surface area contributed by atoms with Gasteiger partial charge in [-0.2, -0.15) is 0 Å². The van der Waals surface area contributed by atoms with Gasteiger partial charge in [-0.1, -0.05) is 146 Å². The highest BCUT2D eigenvalue weighted by Gasteiger charge is 2.14. The summed E-state index contributed by atoms with van der Waals surface area (Å²) in [6.45, 7) is 0. The van der Waals surface area contributed by atoms with Crippen molar-refractivity contribution < 1.29 is 0 Å². The molecule has 8 nitrogen and oxygen atoms in total. The van der Waals surface area contributed by atoms with Gasteiger partial charge in [0.15, 0.2) is 0 Å². The maximum atomic E-state index is 5.71. The fourth-order valence-electron chi connectivity index (χ4n) is 7.73. The third-order valence-electron chi connectivity index (χ3n) is 11.1. The Bertz CT molecular complexity index is 3000. The first-order chi connectivity index (χ1) is 32.5. The van der Waals surface area contributed by atoms with E-state index in [1.54, 1.807) is 12.4 Å². The fourth-order valence-corrected chi connectivity index (χ4v) is 7.73. The lowest BCUT2D eigenvalue weighted by Gasteiger charge is -2.25. The van der Waals surface area contributed by atoms with Crippen LogP contribution in [0.2, 0.25) is 0 Å². The SMILES string of the molecule is CN(C)c1nccc(-c2ccc(-c3ccc(N(c4ccccc4)c4ccccc4)cc3)cc2)n1.Nc1nccc(-c2ccc(-c3ccc(N(c4ccccc4)c4ccccc4)cc3)cc2)n1. The zero-order valence-corrected chi connectivity index (χ0v) is 36.8. The van der Waals surface area contributed by atoms with Crippen LogP contribution in [0.4, 0.5) is 46.0 Å². The molecule has 2 heterocycles. The lowest BCUT2D eigenvalue weighted by molar-refractivity contribution is 1.00. The quantitative estimate of drug-likeness (QED) is 0.138. The van der Waals surface area contributed by atoms with E-state index in [0.717, 1.165) is 67.8 Å². The minimum atomic E-state index is 0.281. The molecule has 2 N–H and O–H groups in total. The standard InChI is InChI=1S/C30H26N4.C28H22N4/c1-33(2)30-31-22-21-29(32-30)25-15-13-23(14-16-25)24-17-19-28(20-18-24)34(26-9-5-3-6-10-26)27-11-7-4-8-12-27;29-28-30-20-19-27(31-28)23-13-11-21(12-14-23)22-15-17-26(18-16-22)32(24-7-3-1-4-8-24)25-9-5-2-6-10-25/h3-22H,1-2H3;1-20H,(H2,29,30,31). The number of nitrogen functional groups attached to an aromatic ring is 1. The van der Waals surface area contributed by atoms with E-state index in [1.165, 1.54) is 11.1 Å². The van der Waals surface area contributed by atoms with Crippen LogP contribution < -0.4 is 20.4 Å². The molecule has 8 aromatic carbocycles. The first kappa shape index (κ1) is 42.4. The average Bonchev–Trinajstić information content (AvgIpc) is 3.39. The second-order valence-electron chi connectivity index (χ2n) is 15.7. The average molecular weight is 857 g/mol. The molecule has 0 amide bonds. The second-order valence-corrected chi connectivity index (χ2v) is 15.7. The molecule has 0 saturated carbocycles. The van der Waals surface area contributed by atoms with Gasteiger partial charge in [0.1, 0.15) is 0 Å². The van der Waals surface area contributed by atoms with E-state index in [-0.39, 0.29) is 5.95 Å². The molecule has 0 aliphatic rings. The summed E-state index contributed by atoms with van der Waals surface area (Å²) in [6.07, 6.45) is 3.48. The summed E-state index contributed by atoms with van der Waals surface area (Å²) in [5.74, 6) is 0.988. The maximum absolute atomic E-state index is 5.71. The van der Waals surface area contributed by atoms with Crippen LogP contribution in [0.1, 0.15) is 0 Å². The molecule has 0 aliphatic carbocycles. The fraction of sp³-hybridized carbons (Fsp3) is 0.0345. The minimum Gasteiger partial charge on any atom is -0.368 e. The molecule has 320 valence electrons.